The molecule has 0 aliphatic heterocycles. The van der Waals surface area contributed by atoms with Crippen molar-refractivity contribution in [2.45, 2.75) is 163 Å². The van der Waals surface area contributed by atoms with Crippen LogP contribution < -0.4 is 63.6 Å². The molecule has 4 unspecified atom stereocenters. The number of carboxylic acids is 1. The van der Waals surface area contributed by atoms with Gasteiger partial charge in [0.25, 0.3) is 0 Å². The Labute approximate surface area is 758 Å². The summed E-state index contributed by atoms with van der Waals surface area (Å²) in [6.07, 6.45) is 10.3. The molecular weight excluding hydrogens is 1720 g/mol. The van der Waals surface area contributed by atoms with Gasteiger partial charge in [-0.3, -0.25) is 46.8 Å². The molecule has 14 rings (SSSR count). The molecule has 0 aliphatic rings. The van der Waals surface area contributed by atoms with E-state index in [1.807, 2.05) is 162 Å². The van der Waals surface area contributed by atoms with E-state index in [4.69, 9.17) is 27.0 Å². The molecule has 14 aromatic rings. The Bertz CT molecular complexity index is 6260. The van der Waals surface area contributed by atoms with Gasteiger partial charge >= 0.3 is 46.9 Å². The number of ether oxygens (including phenoxy) is 4. The summed E-state index contributed by atoms with van der Waals surface area (Å²) in [5.41, 5.74) is 35.4. The molecule has 9 N–H and O–H groups in total. The predicted molar refractivity (Wildman–Crippen MR) is 504 cm³/mol. The average molecular weight is 1850 g/mol. The number of Topliss-reactive ketones (excluding diaryl/α,β-unsaturated/α-hetero) is 1. The Hall–Kier alpha value is -12.9. The number of nitrogens with zero attached hydrogens (tertiary/aromatic N) is 9. The van der Waals surface area contributed by atoms with Crippen molar-refractivity contribution in [1.29, 1.82) is 0 Å². The van der Waals surface area contributed by atoms with E-state index < -0.39 is 5.97 Å². The van der Waals surface area contributed by atoms with Crippen LogP contribution in [-0.2, 0) is 88.5 Å². The Morgan fingerprint density at radius 2 is 0.756 bits per heavy atom. The first-order chi connectivity index (χ1) is 59.9. The maximum atomic E-state index is 13.5. The molecular formula is C98H125IN14O14. The van der Waals surface area contributed by atoms with Gasteiger partial charge in [-0.2, -0.15) is 0 Å². The van der Waals surface area contributed by atoms with Crippen molar-refractivity contribution < 1.29 is 81.3 Å². The van der Waals surface area contributed by atoms with E-state index in [0.717, 1.165) is 78.4 Å². The zero-order chi connectivity index (χ0) is 92.4. The number of anilines is 4. The SMILES string of the molecule is COC(=O)CCC(C)=O.COC(=O)CCC(C)Nc1ccccc1N.COC(=O)CCC(C)n1c(=O)[nH]c2ccccc21.COC(=O)CCC(C)n1c(=O)n(Cc2cn(C)c3cccc(C)c23)c2ccccc21.Cc1cccc2c1c(C[N+](C)(C)C)cn2C.Cc1cccc2c1c(Cn1c(=O)n(C(C)CCC(=O)O)c3ccccc31)cn2C.Nc1ccccc1N.[I-]. The molecule has 0 saturated heterocycles. The summed E-state index contributed by atoms with van der Waals surface area (Å²) in [6.45, 7) is 17.7. The van der Waals surface area contributed by atoms with E-state index in [2.05, 4.69) is 154 Å². The number of para-hydroxylation sites is 10. The van der Waals surface area contributed by atoms with Gasteiger partial charge in [0.15, 0.2) is 0 Å². The maximum absolute atomic E-state index is 13.5. The third-order valence-corrected chi connectivity index (χ3v) is 21.9. The van der Waals surface area contributed by atoms with Gasteiger partial charge in [0.2, 0.25) is 0 Å². The minimum absolute atomic E-state index is 0. The normalized spacial score (nSPS) is 11.9. The molecule has 0 spiro atoms. The van der Waals surface area contributed by atoms with Gasteiger partial charge in [0.05, 0.1) is 125 Å². The number of aliphatic carboxylic acids is 1. The number of nitrogens with two attached hydrogens (primary N) is 3. The number of quaternary nitrogens is 1. The molecule has 0 fully saturated rings. The number of carbonyl (C=O) groups excluding carboxylic acids is 5. The van der Waals surface area contributed by atoms with E-state index in [1.165, 1.54) is 79.3 Å². The number of halogens is 1. The van der Waals surface area contributed by atoms with Crippen molar-refractivity contribution >= 4 is 124 Å². The van der Waals surface area contributed by atoms with Crippen molar-refractivity contribution in [1.82, 2.24) is 41.5 Å². The van der Waals surface area contributed by atoms with Gasteiger partial charge in [-0.1, -0.05) is 97.1 Å². The fourth-order valence-electron chi connectivity index (χ4n) is 15.4. The molecule has 0 bridgehead atoms. The lowest BCUT2D eigenvalue weighted by Crippen LogP contribution is -3.00. The monoisotopic (exact) mass is 1850 g/mol. The molecule has 0 aliphatic carbocycles. The second-order valence-electron chi connectivity index (χ2n) is 32.8. The van der Waals surface area contributed by atoms with Crippen LogP contribution in [0.5, 0.6) is 0 Å². The number of esters is 4. The van der Waals surface area contributed by atoms with Crippen LogP contribution in [0.15, 0.2) is 209 Å². The largest absolute Gasteiger partial charge is 1.00 e. The van der Waals surface area contributed by atoms with Crippen molar-refractivity contribution in [2.75, 3.05) is 72.1 Å². The lowest BCUT2D eigenvalue weighted by Gasteiger charge is -2.23. The number of H-pyrrole nitrogens is 1. The summed E-state index contributed by atoms with van der Waals surface area (Å²) in [5.74, 6) is -1.86. The first-order valence-corrected chi connectivity index (χ1v) is 42.1. The number of aromatic amines is 1. The van der Waals surface area contributed by atoms with Gasteiger partial charge in [-0.25, -0.2) is 14.4 Å². The first-order valence-electron chi connectivity index (χ1n) is 42.1. The second-order valence-corrected chi connectivity index (χ2v) is 32.8. The summed E-state index contributed by atoms with van der Waals surface area (Å²) >= 11 is 0. The number of benzene rings is 8. The van der Waals surface area contributed by atoms with Crippen molar-refractivity contribution in [3.8, 4) is 0 Å². The van der Waals surface area contributed by atoms with Gasteiger partial charge in [0, 0.05) is 134 Å². The Morgan fingerprint density at radius 3 is 1.15 bits per heavy atom. The number of imidazole rings is 3. The van der Waals surface area contributed by atoms with Crippen LogP contribution in [0.25, 0.3) is 65.8 Å². The van der Waals surface area contributed by atoms with Crippen molar-refractivity contribution in [3.63, 3.8) is 0 Å². The molecule has 4 atom stereocenters. The highest BCUT2D eigenvalue weighted by molar-refractivity contribution is 5.90. The molecule has 8 aromatic carbocycles. The number of carboxylic acid groups (broad SMARTS) is 1. The third-order valence-electron chi connectivity index (χ3n) is 21.9. The highest BCUT2D eigenvalue weighted by Crippen LogP contribution is 2.32. The summed E-state index contributed by atoms with van der Waals surface area (Å²) in [6, 6.07) is 56.8. The highest BCUT2D eigenvalue weighted by atomic mass is 127. The molecule has 0 radical (unpaired) electrons. The number of ketones is 1. The van der Waals surface area contributed by atoms with E-state index in [1.54, 1.807) is 30.4 Å². The van der Waals surface area contributed by atoms with E-state index in [-0.39, 0.29) is 121 Å². The summed E-state index contributed by atoms with van der Waals surface area (Å²) in [5, 5.41) is 16.1. The molecule has 29 heteroatoms. The average Bonchev–Trinajstić information content (AvgIpc) is 1.60. The molecule has 6 aromatic heterocycles. The van der Waals surface area contributed by atoms with E-state index >= 15 is 0 Å². The number of rotatable bonds is 26. The van der Waals surface area contributed by atoms with Crippen LogP contribution in [0.1, 0.15) is 150 Å². The van der Waals surface area contributed by atoms with Crippen LogP contribution in [0, 0.1) is 20.8 Å². The first kappa shape index (κ1) is 101. The van der Waals surface area contributed by atoms with Crippen molar-refractivity contribution in [3.05, 3.63) is 259 Å². The number of hydrogen-bond donors (Lipinski definition) is 6. The Morgan fingerprint density at radius 1 is 0.417 bits per heavy atom. The fourth-order valence-corrected chi connectivity index (χ4v) is 15.4. The molecule has 678 valence electrons. The zero-order valence-corrected chi connectivity index (χ0v) is 78.5. The van der Waals surface area contributed by atoms with Gasteiger partial charge in [-0.15, -0.1) is 0 Å². The number of hydrogen-bond acceptors (Lipinski definition) is 17. The van der Waals surface area contributed by atoms with Crippen molar-refractivity contribution in [2.24, 2.45) is 21.1 Å². The standard InChI is InChI=1S/C24H27N3O3.C23H25N3O3.C14H21N2.C13H16N2O3.C12H18N2O2.C6H8N2.C6H10O3.HI/c1-16-8-7-11-21-23(16)18(14-25(21)3)15-26-19-9-5-6-10-20(19)27(24(26)29)17(2)12-13-22(28)30-4;1-15-7-6-10-20-22(15)17(13-24(20)3)14-25-18-8-4-5-9-19(18)26(23(25)29)16(2)11-12-21(27)28;1-11-7-6-8-13-14(11)12(9-15(13)2)10-16(3,4)5;1-9(7-8-12(16)18-2)15-11-6-4-3-5-10(11)14-13(15)17;1-9(7-8-12(15)16-2)14-11-6-4-3-5-10(11)13;7-5-3-1-2-4-6(5)8;1-5(7)3-4-6(8)9-2;/h5-11,14,17H,12-13,15H2,1-4H3;4-10,13,16H,11-12,14H2,1-3H3,(H,27,28);6-9H,10H2,1-5H3;3-6,9H,7-8H2,1-2H3,(H,14,17);3-6,9,14H,7-8,13H2,1-2H3;1-4H,7-8H2;3-4H2,1-2H3;1H/q;;+1;;;;;/p-1. The lowest BCUT2D eigenvalue weighted by atomic mass is 10.1. The smallest absolute Gasteiger partial charge is 0.329 e. The summed E-state index contributed by atoms with van der Waals surface area (Å²) in [7, 11) is 18.3. The van der Waals surface area contributed by atoms with Crippen LogP contribution >= 0.6 is 0 Å². The van der Waals surface area contributed by atoms with Gasteiger partial charge in [0.1, 0.15) is 12.3 Å². The summed E-state index contributed by atoms with van der Waals surface area (Å²) < 4.78 is 34.5. The van der Waals surface area contributed by atoms with Crippen LogP contribution in [0.2, 0.25) is 0 Å². The number of nitrogen functional groups attached to an aromatic ring is 3. The van der Waals surface area contributed by atoms with Crippen LogP contribution in [-0.4, -0.2) is 142 Å². The number of aromatic nitrogens is 9. The zero-order valence-electron chi connectivity index (χ0n) is 76.4. The van der Waals surface area contributed by atoms with E-state index in [9.17, 15) is 43.2 Å². The highest BCUT2D eigenvalue weighted by Gasteiger charge is 2.24. The molecule has 6 heterocycles. The third kappa shape index (κ3) is 27.3. The number of fused-ring (bicyclic) bond motifs is 6. The number of nitrogens with one attached hydrogen (secondary N) is 2. The second kappa shape index (κ2) is 47.4. The number of carbonyl (C=O) groups is 6. The molecule has 0 amide bonds. The molecule has 127 heavy (non-hydrogen) atoms. The lowest BCUT2D eigenvalue weighted by molar-refractivity contribution is -0.883. The Balaban J connectivity index is 0.000000212. The van der Waals surface area contributed by atoms with Crippen LogP contribution in [0.4, 0.5) is 22.7 Å². The predicted octanol–water partition coefficient (Wildman–Crippen LogP) is 13.2. The topological polar surface area (TPSA) is 356 Å². The fraction of sp³-hybridized carbons (Fsp3) is 0.357. The number of methoxy groups -OCH3 is 4. The van der Waals surface area contributed by atoms with Crippen LogP contribution in [0.3, 0.4) is 0 Å². The Kier molecular flexibility index (Phi) is 37.8. The van der Waals surface area contributed by atoms with E-state index in [0.29, 0.717) is 62.3 Å². The minimum atomic E-state index is -0.847. The minimum Gasteiger partial charge on any atom is -1.00 e. The van der Waals surface area contributed by atoms with Gasteiger partial charge < -0.3 is 98.5 Å². The quantitative estimate of drug-likeness (QED) is 0.00964. The summed E-state index contributed by atoms with van der Waals surface area (Å²) in [4.78, 5) is 107. The van der Waals surface area contributed by atoms with Gasteiger partial charge in [-0.05, 0) is 188 Å². The molecule has 28 nitrogen and oxygen atoms in total. The maximum Gasteiger partial charge on any atom is 0.329 e. The number of aryl methyl sites for hydroxylation is 6. The molecule has 0 saturated carbocycles.